The van der Waals surface area contributed by atoms with Crippen molar-refractivity contribution in [3.8, 4) is 17.3 Å². The molecule has 0 spiro atoms. The Morgan fingerprint density at radius 3 is 2.52 bits per heavy atom. The van der Waals surface area contributed by atoms with E-state index in [1.807, 2.05) is 30.3 Å². The molecular formula is C19H17N5O. The molecule has 0 aliphatic rings. The molecule has 0 aliphatic heterocycles. The van der Waals surface area contributed by atoms with Gasteiger partial charge in [0.1, 0.15) is 23.6 Å². The summed E-state index contributed by atoms with van der Waals surface area (Å²) < 4.78 is 0. The molecule has 1 aromatic carbocycles. The standard InChI is InChI=1S/C19H17N5O/c1-19(2,3)17(25)14(9-20)8-12-4-6-13(7-5-12)15-16-18(23-10-21-15)24-11-22-16/h4-8,10-11H,1-3H3,(H,21,22,23,24)/b14-8+. The van der Waals surface area contributed by atoms with E-state index in [4.69, 9.17) is 0 Å². The molecule has 0 radical (unpaired) electrons. The number of aromatic amines is 1. The Morgan fingerprint density at radius 1 is 1.16 bits per heavy atom. The first kappa shape index (κ1) is 16.5. The highest BCUT2D eigenvalue weighted by atomic mass is 16.1. The average molecular weight is 331 g/mol. The zero-order valence-electron chi connectivity index (χ0n) is 14.2. The minimum Gasteiger partial charge on any atom is -0.329 e. The van der Waals surface area contributed by atoms with E-state index >= 15 is 0 Å². The zero-order valence-corrected chi connectivity index (χ0v) is 14.2. The summed E-state index contributed by atoms with van der Waals surface area (Å²) in [4.78, 5) is 27.9. The van der Waals surface area contributed by atoms with Crippen LogP contribution in [0.5, 0.6) is 0 Å². The number of benzene rings is 1. The Bertz CT molecular complexity index is 1000. The second kappa shape index (κ2) is 6.29. The van der Waals surface area contributed by atoms with Crippen molar-refractivity contribution in [1.82, 2.24) is 19.9 Å². The highest BCUT2D eigenvalue weighted by Crippen LogP contribution is 2.25. The molecule has 0 saturated carbocycles. The monoisotopic (exact) mass is 331 g/mol. The lowest BCUT2D eigenvalue weighted by atomic mass is 9.86. The molecule has 25 heavy (non-hydrogen) atoms. The topological polar surface area (TPSA) is 95.3 Å². The van der Waals surface area contributed by atoms with Crippen molar-refractivity contribution in [2.24, 2.45) is 5.41 Å². The summed E-state index contributed by atoms with van der Waals surface area (Å²) in [5.74, 6) is -0.173. The van der Waals surface area contributed by atoms with Crippen LogP contribution in [0.4, 0.5) is 0 Å². The lowest BCUT2D eigenvalue weighted by Crippen LogP contribution is -2.21. The van der Waals surface area contributed by atoms with Crippen molar-refractivity contribution < 1.29 is 4.79 Å². The Balaban J connectivity index is 1.95. The summed E-state index contributed by atoms with van der Waals surface area (Å²) in [6, 6.07) is 9.48. The van der Waals surface area contributed by atoms with Gasteiger partial charge in [0, 0.05) is 11.0 Å². The van der Waals surface area contributed by atoms with E-state index in [1.54, 1.807) is 33.2 Å². The van der Waals surface area contributed by atoms with E-state index in [0.29, 0.717) is 11.2 Å². The first-order valence-electron chi connectivity index (χ1n) is 7.81. The molecule has 0 fully saturated rings. The first-order valence-corrected chi connectivity index (χ1v) is 7.81. The van der Waals surface area contributed by atoms with Gasteiger partial charge in [0.25, 0.3) is 0 Å². The van der Waals surface area contributed by atoms with Gasteiger partial charge in [0.2, 0.25) is 0 Å². The SMILES string of the molecule is CC(C)(C)C(=O)/C(C#N)=C/c1ccc(-c2ncnc3[nH]cnc23)cc1. The maximum atomic E-state index is 12.3. The van der Waals surface area contributed by atoms with Crippen LogP contribution in [0.2, 0.25) is 0 Å². The van der Waals surface area contributed by atoms with Gasteiger partial charge in [-0.3, -0.25) is 4.79 Å². The molecule has 3 aromatic rings. The lowest BCUT2D eigenvalue weighted by molar-refractivity contribution is -0.121. The molecule has 6 heteroatoms. The third-order valence-corrected chi connectivity index (χ3v) is 3.76. The van der Waals surface area contributed by atoms with Gasteiger partial charge in [0.05, 0.1) is 11.9 Å². The Morgan fingerprint density at radius 2 is 1.88 bits per heavy atom. The fourth-order valence-electron chi connectivity index (χ4n) is 2.43. The van der Waals surface area contributed by atoms with Crippen molar-refractivity contribution in [1.29, 1.82) is 5.26 Å². The number of allylic oxidation sites excluding steroid dienone is 1. The summed E-state index contributed by atoms with van der Waals surface area (Å²) in [5.41, 5.74) is 3.34. The minimum atomic E-state index is -0.589. The van der Waals surface area contributed by atoms with Crippen LogP contribution in [0.1, 0.15) is 26.3 Å². The predicted molar refractivity (Wildman–Crippen MR) is 95.2 cm³/mol. The highest BCUT2D eigenvalue weighted by Gasteiger charge is 2.24. The van der Waals surface area contributed by atoms with Crippen molar-refractivity contribution >= 4 is 23.0 Å². The van der Waals surface area contributed by atoms with Crippen LogP contribution in [-0.2, 0) is 4.79 Å². The largest absolute Gasteiger partial charge is 0.329 e. The number of hydrogen-bond acceptors (Lipinski definition) is 5. The van der Waals surface area contributed by atoms with Crippen LogP contribution in [-0.4, -0.2) is 25.7 Å². The van der Waals surface area contributed by atoms with Gasteiger partial charge in [-0.2, -0.15) is 5.26 Å². The number of nitrogens with one attached hydrogen (secondary N) is 1. The van der Waals surface area contributed by atoms with E-state index in [-0.39, 0.29) is 11.4 Å². The van der Waals surface area contributed by atoms with Crippen molar-refractivity contribution in [2.45, 2.75) is 20.8 Å². The summed E-state index contributed by atoms with van der Waals surface area (Å²) in [5, 5.41) is 9.28. The molecule has 0 bridgehead atoms. The molecule has 0 unspecified atom stereocenters. The van der Waals surface area contributed by atoms with Crippen LogP contribution < -0.4 is 0 Å². The maximum absolute atomic E-state index is 12.3. The number of carbonyl (C=O) groups excluding carboxylic acids is 1. The number of H-pyrrole nitrogens is 1. The molecule has 6 nitrogen and oxygen atoms in total. The lowest BCUT2D eigenvalue weighted by Gasteiger charge is -2.15. The van der Waals surface area contributed by atoms with Gasteiger partial charge >= 0.3 is 0 Å². The highest BCUT2D eigenvalue weighted by molar-refractivity contribution is 6.06. The van der Waals surface area contributed by atoms with E-state index in [0.717, 1.165) is 16.8 Å². The van der Waals surface area contributed by atoms with E-state index in [2.05, 4.69) is 19.9 Å². The van der Waals surface area contributed by atoms with Gasteiger partial charge in [-0.15, -0.1) is 0 Å². The second-order valence-electron chi connectivity index (χ2n) is 6.69. The molecule has 2 aromatic heterocycles. The summed E-state index contributed by atoms with van der Waals surface area (Å²) in [6.07, 6.45) is 4.68. The number of nitriles is 1. The van der Waals surface area contributed by atoms with Gasteiger partial charge in [-0.05, 0) is 11.6 Å². The maximum Gasteiger partial charge on any atom is 0.178 e. The van der Waals surface area contributed by atoms with Gasteiger partial charge in [-0.25, -0.2) is 15.0 Å². The zero-order chi connectivity index (χ0) is 18.0. The fourth-order valence-corrected chi connectivity index (χ4v) is 2.43. The van der Waals surface area contributed by atoms with Crippen molar-refractivity contribution in [3.05, 3.63) is 48.1 Å². The Hall–Kier alpha value is -3.33. The number of Topliss-reactive ketones (excluding diaryl/α,β-unsaturated/α-hetero) is 1. The van der Waals surface area contributed by atoms with Crippen LogP contribution in [0.15, 0.2) is 42.5 Å². The van der Waals surface area contributed by atoms with E-state index in [1.165, 1.54) is 6.33 Å². The smallest absolute Gasteiger partial charge is 0.178 e. The van der Waals surface area contributed by atoms with Crippen LogP contribution in [0, 0.1) is 16.7 Å². The number of carbonyl (C=O) groups is 1. The Labute approximate surface area is 145 Å². The van der Waals surface area contributed by atoms with E-state index < -0.39 is 5.41 Å². The van der Waals surface area contributed by atoms with Crippen LogP contribution in [0.3, 0.4) is 0 Å². The van der Waals surface area contributed by atoms with Crippen molar-refractivity contribution in [2.75, 3.05) is 0 Å². The number of rotatable bonds is 3. The molecular weight excluding hydrogens is 314 g/mol. The van der Waals surface area contributed by atoms with Crippen molar-refractivity contribution in [3.63, 3.8) is 0 Å². The number of aromatic nitrogens is 4. The second-order valence-corrected chi connectivity index (χ2v) is 6.69. The fraction of sp³-hybridized carbons (Fsp3) is 0.211. The summed E-state index contributed by atoms with van der Waals surface area (Å²) in [6.45, 7) is 5.40. The molecule has 0 saturated heterocycles. The molecule has 2 heterocycles. The number of hydrogen-bond donors (Lipinski definition) is 1. The quantitative estimate of drug-likeness (QED) is 0.585. The predicted octanol–water partition coefficient (Wildman–Crippen LogP) is 3.54. The molecule has 0 aliphatic carbocycles. The van der Waals surface area contributed by atoms with Crippen LogP contribution in [0.25, 0.3) is 28.5 Å². The minimum absolute atomic E-state index is 0.150. The summed E-state index contributed by atoms with van der Waals surface area (Å²) in [7, 11) is 0. The third-order valence-electron chi connectivity index (χ3n) is 3.76. The Kier molecular flexibility index (Phi) is 4.15. The summed E-state index contributed by atoms with van der Waals surface area (Å²) >= 11 is 0. The number of ketones is 1. The van der Waals surface area contributed by atoms with Gasteiger partial charge in [-0.1, -0.05) is 45.0 Å². The first-order chi connectivity index (χ1) is 11.9. The molecule has 0 amide bonds. The molecule has 1 N–H and O–H groups in total. The molecule has 3 rings (SSSR count). The van der Waals surface area contributed by atoms with Gasteiger partial charge < -0.3 is 4.98 Å². The van der Waals surface area contributed by atoms with E-state index in [9.17, 15) is 10.1 Å². The normalized spacial score (nSPS) is 12.2. The number of imidazole rings is 1. The third kappa shape index (κ3) is 3.31. The number of fused-ring (bicyclic) bond motifs is 1. The van der Waals surface area contributed by atoms with Gasteiger partial charge in [0.15, 0.2) is 11.4 Å². The average Bonchev–Trinajstić information content (AvgIpc) is 3.07. The molecule has 0 atom stereocenters. The molecule has 124 valence electrons. The van der Waals surface area contributed by atoms with Crippen LogP contribution >= 0.6 is 0 Å². The number of nitrogens with zero attached hydrogens (tertiary/aromatic N) is 4.